The van der Waals surface area contributed by atoms with Crippen LogP contribution in [0.1, 0.15) is 44.5 Å². The molecule has 4 nitrogen and oxygen atoms in total. The Balaban J connectivity index is 1.83. The van der Waals surface area contributed by atoms with E-state index >= 15 is 0 Å². The average Bonchev–Trinajstić information content (AvgIpc) is 2.62. The van der Waals surface area contributed by atoms with Gasteiger partial charge in [-0.1, -0.05) is 6.07 Å². The van der Waals surface area contributed by atoms with Crippen LogP contribution in [0.5, 0.6) is 0 Å². The van der Waals surface area contributed by atoms with Gasteiger partial charge in [0.25, 0.3) is 5.91 Å². The number of carbonyl (C=O) groups excluding carboxylic acids is 1. The van der Waals surface area contributed by atoms with E-state index in [2.05, 4.69) is 10.6 Å². The van der Waals surface area contributed by atoms with Crippen LogP contribution < -0.4 is 10.6 Å². The van der Waals surface area contributed by atoms with Crippen LogP contribution in [0, 0.1) is 11.6 Å². The van der Waals surface area contributed by atoms with Gasteiger partial charge in [0, 0.05) is 19.1 Å². The fraction of sp³-hybridized carbons (Fsp3) is 0.588. The second kappa shape index (κ2) is 6.53. The number of hydrogen-bond donors (Lipinski definition) is 2. The summed E-state index contributed by atoms with van der Waals surface area (Å²) in [6, 6.07) is 3.51. The highest BCUT2D eigenvalue weighted by Crippen LogP contribution is 2.36. The number of amides is 1. The van der Waals surface area contributed by atoms with Gasteiger partial charge in [-0.2, -0.15) is 0 Å². The minimum atomic E-state index is -0.859. The summed E-state index contributed by atoms with van der Waals surface area (Å²) < 4.78 is 33.0. The third kappa shape index (κ3) is 4.26. The molecule has 1 saturated heterocycles. The van der Waals surface area contributed by atoms with Gasteiger partial charge in [-0.3, -0.25) is 4.79 Å². The van der Waals surface area contributed by atoms with Gasteiger partial charge in [0.2, 0.25) is 0 Å². The highest BCUT2D eigenvalue weighted by atomic mass is 19.1. The van der Waals surface area contributed by atoms with Crippen molar-refractivity contribution in [3.8, 4) is 0 Å². The van der Waals surface area contributed by atoms with Gasteiger partial charge in [-0.05, 0) is 46.2 Å². The average molecular weight is 326 g/mol. The number of ether oxygens (including phenoxy) is 1. The summed E-state index contributed by atoms with van der Waals surface area (Å²) in [6.07, 6.45) is 0.857. The van der Waals surface area contributed by atoms with E-state index < -0.39 is 23.1 Å². The minimum absolute atomic E-state index is 0.152. The molecule has 2 N–H and O–H groups in total. The van der Waals surface area contributed by atoms with E-state index in [4.69, 9.17) is 4.74 Å². The normalized spacial score (nSPS) is 22.1. The van der Waals surface area contributed by atoms with Crippen molar-refractivity contribution in [2.24, 2.45) is 0 Å². The molecule has 0 bridgehead atoms. The summed E-state index contributed by atoms with van der Waals surface area (Å²) in [5, 5.41) is 5.87. The van der Waals surface area contributed by atoms with Gasteiger partial charge in [0.05, 0.1) is 11.2 Å². The fourth-order valence-electron chi connectivity index (χ4n) is 3.11. The zero-order chi connectivity index (χ0) is 17.3. The molecule has 1 unspecified atom stereocenters. The Labute approximate surface area is 135 Å². The summed E-state index contributed by atoms with van der Waals surface area (Å²) in [5.74, 6) is -2.46. The van der Waals surface area contributed by atoms with Crippen molar-refractivity contribution in [3.63, 3.8) is 0 Å². The van der Waals surface area contributed by atoms with Gasteiger partial charge in [0.15, 0.2) is 0 Å². The highest BCUT2D eigenvalue weighted by molar-refractivity contribution is 5.94. The lowest BCUT2D eigenvalue weighted by Gasteiger charge is -2.27. The van der Waals surface area contributed by atoms with Gasteiger partial charge in [-0.25, -0.2) is 8.78 Å². The van der Waals surface area contributed by atoms with Crippen molar-refractivity contribution in [2.75, 3.05) is 13.1 Å². The predicted octanol–water partition coefficient (Wildman–Crippen LogP) is 2.63. The Kier molecular flexibility index (Phi) is 5.06. The number of hydrogen-bond acceptors (Lipinski definition) is 3. The summed E-state index contributed by atoms with van der Waals surface area (Å²) in [4.78, 5) is 11.9. The first-order valence-electron chi connectivity index (χ1n) is 7.78. The second-order valence-electron chi connectivity index (χ2n) is 7.03. The molecule has 0 aliphatic carbocycles. The first-order valence-corrected chi connectivity index (χ1v) is 7.78. The van der Waals surface area contributed by atoms with Gasteiger partial charge >= 0.3 is 0 Å². The minimum Gasteiger partial charge on any atom is -0.368 e. The lowest BCUT2D eigenvalue weighted by Crippen LogP contribution is -2.46. The third-order valence-electron chi connectivity index (χ3n) is 4.07. The molecule has 1 aliphatic rings. The Bertz CT molecular complexity index is 568. The molecule has 1 aromatic rings. The molecule has 0 saturated carbocycles. The number of rotatable bonds is 5. The summed E-state index contributed by atoms with van der Waals surface area (Å²) in [6.45, 7) is 8.90. The van der Waals surface area contributed by atoms with Gasteiger partial charge in [-0.15, -0.1) is 0 Å². The maximum atomic E-state index is 13.5. The molecule has 2 rings (SSSR count). The van der Waals surface area contributed by atoms with Crippen LogP contribution in [0.2, 0.25) is 0 Å². The van der Waals surface area contributed by atoms with Crippen molar-refractivity contribution in [1.29, 1.82) is 0 Å². The van der Waals surface area contributed by atoms with Crippen molar-refractivity contribution >= 4 is 5.91 Å². The van der Waals surface area contributed by atoms with Crippen LogP contribution in [0.4, 0.5) is 8.78 Å². The second-order valence-corrected chi connectivity index (χ2v) is 7.03. The number of benzene rings is 1. The molecule has 1 heterocycles. The lowest BCUT2D eigenvalue weighted by atomic mass is 9.94. The molecule has 0 spiro atoms. The van der Waals surface area contributed by atoms with Gasteiger partial charge in [0.1, 0.15) is 17.2 Å². The smallest absolute Gasteiger partial charge is 0.257 e. The lowest BCUT2D eigenvalue weighted by molar-refractivity contribution is -0.0697. The van der Waals surface area contributed by atoms with E-state index in [9.17, 15) is 13.6 Å². The Morgan fingerprint density at radius 2 is 1.83 bits per heavy atom. The molecular weight excluding hydrogens is 302 g/mol. The topological polar surface area (TPSA) is 50.4 Å². The molecule has 0 aromatic heterocycles. The van der Waals surface area contributed by atoms with E-state index in [0.29, 0.717) is 6.54 Å². The quantitative estimate of drug-likeness (QED) is 0.818. The summed E-state index contributed by atoms with van der Waals surface area (Å²) in [5.41, 5.74) is -1.04. The third-order valence-corrected chi connectivity index (χ3v) is 4.07. The van der Waals surface area contributed by atoms with Crippen LogP contribution >= 0.6 is 0 Å². The van der Waals surface area contributed by atoms with Gasteiger partial charge < -0.3 is 15.4 Å². The first kappa shape index (κ1) is 17.8. The molecule has 1 amide bonds. The first-order chi connectivity index (χ1) is 10.6. The Morgan fingerprint density at radius 3 is 2.35 bits per heavy atom. The van der Waals surface area contributed by atoms with E-state index in [0.717, 1.165) is 18.6 Å². The van der Waals surface area contributed by atoms with Crippen molar-refractivity contribution in [2.45, 2.75) is 51.4 Å². The van der Waals surface area contributed by atoms with Crippen LogP contribution in [0.15, 0.2) is 18.2 Å². The van der Waals surface area contributed by atoms with Crippen molar-refractivity contribution in [1.82, 2.24) is 10.6 Å². The number of halogens is 2. The standard InChI is InChI=1S/C17H24F2N2O2/c1-16(2)10-13(17(3,4)23-16)20-8-9-21-15(22)14-11(18)6-5-7-12(14)19/h5-7,13,20H,8-10H2,1-4H3,(H,21,22). The summed E-state index contributed by atoms with van der Waals surface area (Å²) >= 11 is 0. The molecule has 1 atom stereocenters. The molecule has 23 heavy (non-hydrogen) atoms. The molecular formula is C17H24F2N2O2. The zero-order valence-corrected chi connectivity index (χ0v) is 14.0. The molecule has 0 radical (unpaired) electrons. The Morgan fingerprint density at radius 1 is 1.22 bits per heavy atom. The molecule has 1 aliphatic heterocycles. The fourth-order valence-corrected chi connectivity index (χ4v) is 3.11. The predicted molar refractivity (Wildman–Crippen MR) is 84.3 cm³/mol. The van der Waals surface area contributed by atoms with E-state index in [1.807, 2.05) is 27.7 Å². The molecule has 6 heteroatoms. The largest absolute Gasteiger partial charge is 0.368 e. The van der Waals surface area contributed by atoms with Crippen molar-refractivity contribution < 1.29 is 18.3 Å². The van der Waals surface area contributed by atoms with E-state index in [-0.39, 0.29) is 23.8 Å². The zero-order valence-electron chi connectivity index (χ0n) is 14.0. The van der Waals surface area contributed by atoms with Crippen molar-refractivity contribution in [3.05, 3.63) is 35.4 Å². The maximum absolute atomic E-state index is 13.5. The molecule has 1 fully saturated rings. The maximum Gasteiger partial charge on any atom is 0.257 e. The van der Waals surface area contributed by atoms with E-state index in [1.54, 1.807) is 0 Å². The van der Waals surface area contributed by atoms with Crippen LogP contribution in [-0.2, 0) is 4.74 Å². The van der Waals surface area contributed by atoms with E-state index in [1.165, 1.54) is 6.07 Å². The number of nitrogens with one attached hydrogen (secondary N) is 2. The molecule has 1 aromatic carbocycles. The monoisotopic (exact) mass is 326 g/mol. The van der Waals surface area contributed by atoms with Crippen LogP contribution in [-0.4, -0.2) is 36.2 Å². The van der Waals surface area contributed by atoms with Crippen LogP contribution in [0.3, 0.4) is 0 Å². The summed E-state index contributed by atoms with van der Waals surface area (Å²) in [7, 11) is 0. The molecule has 128 valence electrons. The van der Waals surface area contributed by atoms with Crippen LogP contribution in [0.25, 0.3) is 0 Å². The Hall–Kier alpha value is -1.53. The highest BCUT2D eigenvalue weighted by Gasteiger charge is 2.45. The number of carbonyl (C=O) groups is 1. The SMILES string of the molecule is CC1(C)CC(NCCNC(=O)c2c(F)cccc2F)C(C)(C)O1.